The van der Waals surface area contributed by atoms with Gasteiger partial charge < -0.3 is 4.74 Å². The average Bonchev–Trinajstić information content (AvgIpc) is 2.63. The number of nitrogens with zero attached hydrogens (tertiary/aromatic N) is 2. The minimum absolute atomic E-state index is 0.195. The third-order valence-corrected chi connectivity index (χ3v) is 4.72. The molecule has 0 spiro atoms. The van der Waals surface area contributed by atoms with Gasteiger partial charge in [0.25, 0.3) is 11.8 Å². The van der Waals surface area contributed by atoms with Crippen LogP contribution in [0.15, 0.2) is 36.4 Å². The Hall–Kier alpha value is -2.82. The summed E-state index contributed by atoms with van der Waals surface area (Å²) in [6, 6.07) is 11.1. The Balaban J connectivity index is 2.47. The Morgan fingerprint density at radius 2 is 1.55 bits per heavy atom. The molecule has 0 N–H and O–H groups in total. The van der Waals surface area contributed by atoms with E-state index in [0.717, 1.165) is 16.7 Å². The van der Waals surface area contributed by atoms with E-state index in [-0.39, 0.29) is 17.2 Å². The van der Waals surface area contributed by atoms with Crippen molar-refractivity contribution in [1.82, 2.24) is 10.0 Å². The van der Waals surface area contributed by atoms with E-state index in [2.05, 4.69) is 0 Å². The van der Waals surface area contributed by atoms with E-state index < -0.39 is 0 Å². The Bertz CT molecular complexity index is 893. The summed E-state index contributed by atoms with van der Waals surface area (Å²) in [5.74, 6) is 0.210. The number of rotatable bonds is 4. The monoisotopic (exact) mass is 396 g/mol. The fourth-order valence-corrected chi connectivity index (χ4v) is 3.36. The highest BCUT2D eigenvalue weighted by atomic mass is 16.5. The van der Waals surface area contributed by atoms with Crippen LogP contribution in [0.5, 0.6) is 5.75 Å². The molecule has 5 nitrogen and oxygen atoms in total. The van der Waals surface area contributed by atoms with Gasteiger partial charge in [0, 0.05) is 30.3 Å². The second-order valence-electron chi connectivity index (χ2n) is 8.76. The predicted octanol–water partition coefficient (Wildman–Crippen LogP) is 4.80. The summed E-state index contributed by atoms with van der Waals surface area (Å²) in [6.07, 6.45) is 0. The predicted molar refractivity (Wildman–Crippen MR) is 116 cm³/mol. The quantitative estimate of drug-likeness (QED) is 0.698. The Kier molecular flexibility index (Phi) is 6.73. The molecule has 5 heteroatoms. The SMILES string of the molecule is COc1cccc(C(=O)N(CC(C)(C)C)N(C)C(=O)c2cc(C)cc(C)c2)c1C. The minimum Gasteiger partial charge on any atom is -0.496 e. The molecule has 0 saturated carbocycles. The van der Waals surface area contributed by atoms with Crippen LogP contribution < -0.4 is 4.74 Å². The molecule has 2 amide bonds. The maximum absolute atomic E-state index is 13.5. The van der Waals surface area contributed by atoms with Crippen LogP contribution in [-0.2, 0) is 0 Å². The van der Waals surface area contributed by atoms with Crippen LogP contribution in [0.2, 0.25) is 0 Å². The number of benzene rings is 2. The normalized spacial score (nSPS) is 11.2. The number of hydrazine groups is 1. The number of aryl methyl sites for hydroxylation is 2. The fourth-order valence-electron chi connectivity index (χ4n) is 3.36. The largest absolute Gasteiger partial charge is 0.496 e. The van der Waals surface area contributed by atoms with Gasteiger partial charge in [-0.05, 0) is 50.5 Å². The number of amides is 2. The Morgan fingerprint density at radius 1 is 0.966 bits per heavy atom. The fraction of sp³-hybridized carbons (Fsp3) is 0.417. The van der Waals surface area contributed by atoms with Gasteiger partial charge >= 0.3 is 0 Å². The third-order valence-electron chi connectivity index (χ3n) is 4.72. The molecule has 156 valence electrons. The van der Waals surface area contributed by atoms with Crippen molar-refractivity contribution in [2.75, 3.05) is 20.7 Å². The summed E-state index contributed by atoms with van der Waals surface area (Å²) in [6.45, 7) is 12.3. The second-order valence-corrected chi connectivity index (χ2v) is 8.76. The molecule has 0 aromatic heterocycles. The second kappa shape index (κ2) is 8.68. The summed E-state index contributed by atoms with van der Waals surface area (Å²) in [5.41, 5.74) is 3.68. The zero-order valence-electron chi connectivity index (χ0n) is 18.8. The van der Waals surface area contributed by atoms with E-state index in [1.807, 2.05) is 65.8 Å². The molecular weight excluding hydrogens is 364 g/mol. The van der Waals surface area contributed by atoms with Crippen LogP contribution in [0, 0.1) is 26.2 Å². The molecule has 0 unspecified atom stereocenters. The topological polar surface area (TPSA) is 49.9 Å². The smallest absolute Gasteiger partial charge is 0.272 e. The zero-order valence-corrected chi connectivity index (χ0v) is 18.8. The number of carbonyl (C=O) groups excluding carboxylic acids is 2. The molecule has 0 bridgehead atoms. The van der Waals surface area contributed by atoms with Crippen LogP contribution in [0.3, 0.4) is 0 Å². The Morgan fingerprint density at radius 3 is 2.07 bits per heavy atom. The molecule has 0 aliphatic rings. The summed E-state index contributed by atoms with van der Waals surface area (Å²) in [5, 5.41) is 2.96. The van der Waals surface area contributed by atoms with Crippen molar-refractivity contribution >= 4 is 11.8 Å². The average molecular weight is 397 g/mol. The lowest BCUT2D eigenvalue weighted by Crippen LogP contribution is -2.50. The first-order chi connectivity index (χ1) is 13.4. The van der Waals surface area contributed by atoms with E-state index in [4.69, 9.17) is 4.74 Å². The van der Waals surface area contributed by atoms with Crippen LogP contribution in [0.4, 0.5) is 0 Å². The van der Waals surface area contributed by atoms with Crippen molar-refractivity contribution < 1.29 is 14.3 Å². The van der Waals surface area contributed by atoms with Gasteiger partial charge in [-0.2, -0.15) is 0 Å². The van der Waals surface area contributed by atoms with Crippen molar-refractivity contribution in [2.45, 2.75) is 41.5 Å². The van der Waals surface area contributed by atoms with Crippen LogP contribution >= 0.6 is 0 Å². The highest BCUT2D eigenvalue weighted by molar-refractivity contribution is 6.00. The van der Waals surface area contributed by atoms with Crippen LogP contribution in [0.1, 0.15) is 58.2 Å². The van der Waals surface area contributed by atoms with Gasteiger partial charge in [-0.15, -0.1) is 0 Å². The minimum atomic E-state index is -0.225. The molecule has 0 saturated heterocycles. The lowest BCUT2D eigenvalue weighted by Gasteiger charge is -2.37. The molecule has 0 radical (unpaired) electrons. The summed E-state index contributed by atoms with van der Waals surface area (Å²) >= 11 is 0. The summed E-state index contributed by atoms with van der Waals surface area (Å²) < 4.78 is 5.37. The van der Waals surface area contributed by atoms with Gasteiger partial charge in [-0.1, -0.05) is 44.0 Å². The van der Waals surface area contributed by atoms with Gasteiger partial charge in [0.05, 0.1) is 7.11 Å². The molecule has 2 rings (SSSR count). The standard InChI is InChI=1S/C24H32N2O3/c1-16-12-17(2)14-19(13-16)22(27)25(7)26(15-24(4,5)6)23(28)20-10-9-11-21(29-8)18(20)3/h9-14H,15H2,1-8H3. The van der Waals surface area contributed by atoms with Crippen molar-refractivity contribution in [3.8, 4) is 5.75 Å². The molecule has 29 heavy (non-hydrogen) atoms. The highest BCUT2D eigenvalue weighted by Gasteiger charge is 2.30. The number of methoxy groups -OCH3 is 1. The molecule has 0 aliphatic heterocycles. The van der Waals surface area contributed by atoms with E-state index in [1.165, 1.54) is 10.0 Å². The van der Waals surface area contributed by atoms with E-state index in [0.29, 0.717) is 23.4 Å². The van der Waals surface area contributed by atoms with Gasteiger partial charge in [0.2, 0.25) is 0 Å². The van der Waals surface area contributed by atoms with Crippen molar-refractivity contribution in [1.29, 1.82) is 0 Å². The van der Waals surface area contributed by atoms with E-state index in [9.17, 15) is 9.59 Å². The first-order valence-electron chi connectivity index (χ1n) is 9.76. The number of hydrogen-bond donors (Lipinski definition) is 0. The molecule has 0 heterocycles. The van der Waals surface area contributed by atoms with Crippen LogP contribution in [-0.4, -0.2) is 42.5 Å². The zero-order chi connectivity index (χ0) is 21.9. The number of ether oxygens (including phenoxy) is 1. The number of hydrogen-bond acceptors (Lipinski definition) is 3. The first kappa shape index (κ1) is 22.5. The number of carbonyl (C=O) groups is 2. The summed E-state index contributed by atoms with van der Waals surface area (Å²) in [7, 11) is 3.23. The maximum atomic E-state index is 13.5. The molecule has 2 aromatic rings. The molecule has 0 atom stereocenters. The lowest BCUT2D eigenvalue weighted by molar-refractivity contribution is -0.00446. The lowest BCUT2D eigenvalue weighted by atomic mass is 9.96. The third kappa shape index (κ3) is 5.37. The highest BCUT2D eigenvalue weighted by Crippen LogP contribution is 2.25. The Labute approximate surface area is 174 Å². The molecule has 2 aromatic carbocycles. The van der Waals surface area contributed by atoms with Crippen molar-refractivity contribution in [3.05, 3.63) is 64.2 Å². The molecule has 0 aliphatic carbocycles. The maximum Gasteiger partial charge on any atom is 0.272 e. The van der Waals surface area contributed by atoms with Crippen molar-refractivity contribution in [3.63, 3.8) is 0 Å². The van der Waals surface area contributed by atoms with Gasteiger partial charge in [-0.25, -0.2) is 5.01 Å². The molecular formula is C24H32N2O3. The van der Waals surface area contributed by atoms with Gasteiger partial charge in [0.15, 0.2) is 0 Å². The summed E-state index contributed by atoms with van der Waals surface area (Å²) in [4.78, 5) is 26.7. The van der Waals surface area contributed by atoms with E-state index in [1.54, 1.807) is 26.3 Å². The molecule has 0 fully saturated rings. The van der Waals surface area contributed by atoms with Crippen molar-refractivity contribution in [2.24, 2.45) is 5.41 Å². The van der Waals surface area contributed by atoms with Gasteiger partial charge in [-0.3, -0.25) is 14.6 Å². The van der Waals surface area contributed by atoms with Crippen LogP contribution in [0.25, 0.3) is 0 Å². The first-order valence-corrected chi connectivity index (χ1v) is 9.76. The van der Waals surface area contributed by atoms with E-state index >= 15 is 0 Å². The van der Waals surface area contributed by atoms with Gasteiger partial charge in [0.1, 0.15) is 5.75 Å².